The number of fused-ring (bicyclic) bond motifs is 1. The Labute approximate surface area is 105 Å². The highest BCUT2D eigenvalue weighted by Gasteiger charge is 2.06. The molecule has 0 spiro atoms. The van der Waals surface area contributed by atoms with Crippen LogP contribution >= 0.6 is 0 Å². The smallest absolute Gasteiger partial charge is 0.137 e. The van der Waals surface area contributed by atoms with Crippen LogP contribution in [-0.4, -0.2) is 21.5 Å². The molecule has 0 saturated carbocycles. The van der Waals surface area contributed by atoms with Gasteiger partial charge in [0.1, 0.15) is 5.65 Å². The Morgan fingerprint density at radius 2 is 2.17 bits per heavy atom. The Balaban J connectivity index is 2.12. The molecule has 0 aromatic carbocycles. The Kier molecular flexibility index (Phi) is 2.78. The standard InChI is InChI=1S/C14H14N4/c15-4-1-11-8-16-5-3-13(11)12-7-10-2-6-17-14(10)18-9-12/h2-3,5-9H,1,4,15H2,(H,17,18). The Hall–Kier alpha value is -2.20. The van der Waals surface area contributed by atoms with E-state index in [2.05, 4.69) is 21.0 Å². The van der Waals surface area contributed by atoms with Gasteiger partial charge in [-0.2, -0.15) is 0 Å². The average molecular weight is 238 g/mol. The zero-order valence-electron chi connectivity index (χ0n) is 9.93. The number of hydrogen-bond donors (Lipinski definition) is 2. The number of nitrogens with zero attached hydrogens (tertiary/aromatic N) is 2. The normalized spacial score (nSPS) is 10.9. The summed E-state index contributed by atoms with van der Waals surface area (Å²) in [6.07, 6.45) is 8.29. The molecular weight excluding hydrogens is 224 g/mol. The predicted octanol–water partition coefficient (Wildman–Crippen LogP) is 2.13. The molecule has 0 fully saturated rings. The summed E-state index contributed by atoms with van der Waals surface area (Å²) in [4.78, 5) is 11.7. The lowest BCUT2D eigenvalue weighted by atomic mass is 10.0. The first-order valence-electron chi connectivity index (χ1n) is 5.95. The summed E-state index contributed by atoms with van der Waals surface area (Å²) in [5.41, 5.74) is 9.97. The number of aromatic nitrogens is 3. The van der Waals surface area contributed by atoms with E-state index >= 15 is 0 Å². The van der Waals surface area contributed by atoms with Gasteiger partial charge in [0.2, 0.25) is 0 Å². The van der Waals surface area contributed by atoms with Gasteiger partial charge in [-0.25, -0.2) is 4.98 Å². The van der Waals surface area contributed by atoms with E-state index in [1.54, 1.807) is 6.20 Å². The Bertz CT molecular complexity index is 672. The van der Waals surface area contributed by atoms with Gasteiger partial charge in [0.05, 0.1) is 0 Å². The van der Waals surface area contributed by atoms with Gasteiger partial charge in [0.25, 0.3) is 0 Å². The molecule has 4 heteroatoms. The number of nitrogens with two attached hydrogens (primary N) is 1. The first kappa shape index (κ1) is 10.9. The van der Waals surface area contributed by atoms with Gasteiger partial charge in [-0.15, -0.1) is 0 Å². The van der Waals surface area contributed by atoms with E-state index in [0.717, 1.165) is 34.1 Å². The third-order valence-corrected chi connectivity index (χ3v) is 3.03. The van der Waals surface area contributed by atoms with Crippen LogP contribution < -0.4 is 5.73 Å². The van der Waals surface area contributed by atoms with Crippen LogP contribution in [0, 0.1) is 0 Å². The number of hydrogen-bond acceptors (Lipinski definition) is 3. The van der Waals surface area contributed by atoms with E-state index in [9.17, 15) is 0 Å². The quantitative estimate of drug-likeness (QED) is 0.734. The highest BCUT2D eigenvalue weighted by molar-refractivity contribution is 5.81. The SMILES string of the molecule is NCCc1cnccc1-c1cnc2[nH]ccc2c1. The topological polar surface area (TPSA) is 67.6 Å². The monoisotopic (exact) mass is 238 g/mol. The van der Waals surface area contributed by atoms with Crippen molar-refractivity contribution in [2.45, 2.75) is 6.42 Å². The molecule has 0 radical (unpaired) electrons. The molecule has 0 amide bonds. The number of H-pyrrole nitrogens is 1. The second kappa shape index (κ2) is 4.58. The molecule has 3 rings (SSSR count). The highest BCUT2D eigenvalue weighted by atomic mass is 14.8. The summed E-state index contributed by atoms with van der Waals surface area (Å²) < 4.78 is 0. The fourth-order valence-electron chi connectivity index (χ4n) is 2.15. The molecule has 3 N–H and O–H groups in total. The van der Waals surface area contributed by atoms with Crippen molar-refractivity contribution in [2.24, 2.45) is 5.73 Å². The summed E-state index contributed by atoms with van der Waals surface area (Å²) >= 11 is 0. The van der Waals surface area contributed by atoms with E-state index in [1.807, 2.05) is 30.7 Å². The second-order valence-electron chi connectivity index (χ2n) is 4.21. The van der Waals surface area contributed by atoms with Crippen molar-refractivity contribution in [1.82, 2.24) is 15.0 Å². The highest BCUT2D eigenvalue weighted by Crippen LogP contribution is 2.25. The molecule has 3 aromatic heterocycles. The van der Waals surface area contributed by atoms with Gasteiger partial charge in [-0.05, 0) is 42.3 Å². The van der Waals surface area contributed by atoms with Crippen LogP contribution in [0.4, 0.5) is 0 Å². The maximum atomic E-state index is 5.63. The average Bonchev–Trinajstić information content (AvgIpc) is 2.87. The molecule has 0 aliphatic rings. The summed E-state index contributed by atoms with van der Waals surface area (Å²) in [6, 6.07) is 6.17. The molecule has 18 heavy (non-hydrogen) atoms. The summed E-state index contributed by atoms with van der Waals surface area (Å²) in [5, 5.41) is 1.11. The predicted molar refractivity (Wildman–Crippen MR) is 72.1 cm³/mol. The zero-order valence-corrected chi connectivity index (χ0v) is 9.93. The molecule has 4 nitrogen and oxygen atoms in total. The van der Waals surface area contributed by atoms with Crippen molar-refractivity contribution in [2.75, 3.05) is 6.54 Å². The number of pyridine rings is 2. The lowest BCUT2D eigenvalue weighted by Crippen LogP contribution is -2.04. The van der Waals surface area contributed by atoms with Gasteiger partial charge in [0.15, 0.2) is 0 Å². The minimum Gasteiger partial charge on any atom is -0.346 e. The second-order valence-corrected chi connectivity index (χ2v) is 4.21. The van der Waals surface area contributed by atoms with Gasteiger partial charge in [0, 0.05) is 35.7 Å². The minimum absolute atomic E-state index is 0.624. The van der Waals surface area contributed by atoms with Crippen molar-refractivity contribution in [3.63, 3.8) is 0 Å². The lowest BCUT2D eigenvalue weighted by Gasteiger charge is -2.07. The van der Waals surface area contributed by atoms with Crippen LogP contribution in [0.2, 0.25) is 0 Å². The summed E-state index contributed by atoms with van der Waals surface area (Å²) in [7, 11) is 0. The van der Waals surface area contributed by atoms with Gasteiger partial charge >= 0.3 is 0 Å². The summed E-state index contributed by atoms with van der Waals surface area (Å²) in [5.74, 6) is 0. The van der Waals surface area contributed by atoms with Crippen LogP contribution in [0.5, 0.6) is 0 Å². The van der Waals surface area contributed by atoms with E-state index in [0.29, 0.717) is 6.54 Å². The maximum Gasteiger partial charge on any atom is 0.137 e. The van der Waals surface area contributed by atoms with Gasteiger partial charge in [-0.3, -0.25) is 4.98 Å². The molecule has 3 aromatic rings. The Morgan fingerprint density at radius 1 is 1.22 bits per heavy atom. The largest absolute Gasteiger partial charge is 0.346 e. The number of nitrogens with one attached hydrogen (secondary N) is 1. The zero-order chi connectivity index (χ0) is 12.4. The molecule has 0 saturated heterocycles. The van der Waals surface area contributed by atoms with Gasteiger partial charge < -0.3 is 10.7 Å². The Morgan fingerprint density at radius 3 is 3.06 bits per heavy atom. The fourth-order valence-corrected chi connectivity index (χ4v) is 2.15. The number of aromatic amines is 1. The fraction of sp³-hybridized carbons (Fsp3) is 0.143. The number of rotatable bonds is 3. The minimum atomic E-state index is 0.624. The molecule has 0 atom stereocenters. The molecule has 3 heterocycles. The van der Waals surface area contributed by atoms with E-state index in [4.69, 9.17) is 5.73 Å². The van der Waals surface area contributed by atoms with Crippen LogP contribution in [0.15, 0.2) is 43.0 Å². The van der Waals surface area contributed by atoms with Crippen molar-refractivity contribution in [1.29, 1.82) is 0 Å². The van der Waals surface area contributed by atoms with Crippen LogP contribution in [0.25, 0.3) is 22.2 Å². The molecule has 0 aliphatic carbocycles. The lowest BCUT2D eigenvalue weighted by molar-refractivity contribution is 0.960. The maximum absolute atomic E-state index is 5.63. The van der Waals surface area contributed by atoms with Crippen molar-refractivity contribution < 1.29 is 0 Å². The third-order valence-electron chi connectivity index (χ3n) is 3.03. The molecule has 0 aliphatic heterocycles. The molecule has 90 valence electrons. The van der Waals surface area contributed by atoms with Crippen LogP contribution in [0.1, 0.15) is 5.56 Å². The van der Waals surface area contributed by atoms with Crippen molar-refractivity contribution >= 4 is 11.0 Å². The summed E-state index contributed by atoms with van der Waals surface area (Å²) in [6.45, 7) is 0.624. The van der Waals surface area contributed by atoms with E-state index < -0.39 is 0 Å². The molecule has 0 unspecified atom stereocenters. The third kappa shape index (κ3) is 1.87. The van der Waals surface area contributed by atoms with Crippen molar-refractivity contribution in [3.8, 4) is 11.1 Å². The van der Waals surface area contributed by atoms with E-state index in [1.165, 1.54) is 0 Å². The molecular formula is C14H14N4. The van der Waals surface area contributed by atoms with Crippen LogP contribution in [0.3, 0.4) is 0 Å². The molecule has 0 bridgehead atoms. The first-order chi connectivity index (χ1) is 8.88. The first-order valence-corrected chi connectivity index (χ1v) is 5.95. The van der Waals surface area contributed by atoms with E-state index in [-0.39, 0.29) is 0 Å². The van der Waals surface area contributed by atoms with Crippen molar-refractivity contribution in [3.05, 3.63) is 48.5 Å². The van der Waals surface area contributed by atoms with Gasteiger partial charge in [-0.1, -0.05) is 0 Å². The van der Waals surface area contributed by atoms with Crippen LogP contribution in [-0.2, 0) is 6.42 Å².